The lowest BCUT2D eigenvalue weighted by atomic mass is 10.0. The Morgan fingerprint density at radius 2 is 2.00 bits per heavy atom. The van der Waals surface area contributed by atoms with Crippen LogP contribution in [0.15, 0.2) is 36.9 Å². The van der Waals surface area contributed by atoms with Crippen molar-refractivity contribution in [1.29, 1.82) is 0 Å². The molecule has 0 aliphatic heterocycles. The molecule has 0 heterocycles. The van der Waals surface area contributed by atoms with Gasteiger partial charge in [-0.05, 0) is 24.1 Å². The molecule has 0 spiro atoms. The van der Waals surface area contributed by atoms with Crippen molar-refractivity contribution in [2.45, 2.75) is 31.8 Å². The van der Waals surface area contributed by atoms with E-state index >= 15 is 0 Å². The van der Waals surface area contributed by atoms with Gasteiger partial charge in [0.2, 0.25) is 17.7 Å². The quantitative estimate of drug-likeness (QED) is 0.605. The van der Waals surface area contributed by atoms with E-state index < -0.39 is 35.6 Å². The van der Waals surface area contributed by atoms with Gasteiger partial charge in [0.15, 0.2) is 0 Å². The number of hydrogen-bond acceptors (Lipinski definition) is 3. The summed E-state index contributed by atoms with van der Waals surface area (Å²) in [7, 11) is 0. The predicted octanol–water partition coefficient (Wildman–Crippen LogP) is 0.419. The molecule has 6 nitrogen and oxygen atoms in total. The van der Waals surface area contributed by atoms with Crippen LogP contribution in [0.25, 0.3) is 0 Å². The number of carbonyl (C=O) groups is 3. The second-order valence-corrected chi connectivity index (χ2v) is 5.08. The lowest BCUT2D eigenvalue weighted by molar-refractivity contribution is -0.130. The molecule has 0 unspecified atom stereocenters. The Morgan fingerprint density at radius 3 is 2.52 bits per heavy atom. The number of amides is 3. The van der Waals surface area contributed by atoms with Gasteiger partial charge >= 0.3 is 0 Å². The Morgan fingerprint density at radius 1 is 1.30 bits per heavy atom. The van der Waals surface area contributed by atoms with Gasteiger partial charge in [0.1, 0.15) is 17.9 Å². The van der Waals surface area contributed by atoms with E-state index in [1.807, 2.05) is 0 Å². The summed E-state index contributed by atoms with van der Waals surface area (Å²) in [5.41, 5.74) is 5.75. The molecule has 4 N–H and O–H groups in total. The molecule has 23 heavy (non-hydrogen) atoms. The largest absolute Gasteiger partial charge is 0.368 e. The second-order valence-electron chi connectivity index (χ2n) is 5.08. The number of nitrogens with two attached hydrogens (primary N) is 1. The van der Waals surface area contributed by atoms with Crippen LogP contribution in [0.1, 0.15) is 18.9 Å². The third-order valence-corrected chi connectivity index (χ3v) is 3.09. The number of nitrogens with one attached hydrogen (secondary N) is 2. The SMILES string of the molecule is C=CC[C@@H](NC(=O)[C@@H](Cc1cccc(F)c1)NC(C)=O)C(N)=O. The minimum absolute atomic E-state index is 0.0861. The molecule has 0 saturated carbocycles. The van der Waals surface area contributed by atoms with Crippen LogP contribution in [-0.4, -0.2) is 29.8 Å². The normalized spacial score (nSPS) is 12.8. The summed E-state index contributed by atoms with van der Waals surface area (Å²) >= 11 is 0. The van der Waals surface area contributed by atoms with Crippen LogP contribution in [0, 0.1) is 5.82 Å². The van der Waals surface area contributed by atoms with Crippen molar-refractivity contribution in [2.24, 2.45) is 5.73 Å². The Hall–Kier alpha value is -2.70. The summed E-state index contributed by atoms with van der Waals surface area (Å²) in [5.74, 6) is -2.13. The number of hydrogen-bond donors (Lipinski definition) is 3. The van der Waals surface area contributed by atoms with Crippen molar-refractivity contribution in [1.82, 2.24) is 10.6 Å². The summed E-state index contributed by atoms with van der Waals surface area (Å²) in [4.78, 5) is 34.9. The molecule has 124 valence electrons. The van der Waals surface area contributed by atoms with E-state index in [0.717, 1.165) is 0 Å². The van der Waals surface area contributed by atoms with E-state index in [1.165, 1.54) is 31.2 Å². The molecular formula is C16H20FN3O3. The van der Waals surface area contributed by atoms with Gasteiger partial charge in [0.05, 0.1) is 0 Å². The summed E-state index contributed by atoms with van der Waals surface area (Å²) in [6, 6.07) is 3.85. The van der Waals surface area contributed by atoms with Gasteiger partial charge in [-0.3, -0.25) is 14.4 Å². The Balaban J connectivity index is 2.87. The minimum Gasteiger partial charge on any atom is -0.368 e. The first kappa shape index (κ1) is 18.3. The first-order valence-corrected chi connectivity index (χ1v) is 7.05. The van der Waals surface area contributed by atoms with Crippen LogP contribution in [0.2, 0.25) is 0 Å². The molecule has 0 aliphatic carbocycles. The van der Waals surface area contributed by atoms with Crippen molar-refractivity contribution >= 4 is 17.7 Å². The number of halogens is 1. The van der Waals surface area contributed by atoms with Crippen LogP contribution in [0.5, 0.6) is 0 Å². The molecule has 3 amide bonds. The smallest absolute Gasteiger partial charge is 0.243 e. The van der Waals surface area contributed by atoms with Crippen LogP contribution >= 0.6 is 0 Å². The van der Waals surface area contributed by atoms with E-state index in [0.29, 0.717) is 5.56 Å². The van der Waals surface area contributed by atoms with Gasteiger partial charge in [-0.1, -0.05) is 18.2 Å². The van der Waals surface area contributed by atoms with Gasteiger partial charge in [0, 0.05) is 13.3 Å². The fourth-order valence-corrected chi connectivity index (χ4v) is 2.04. The fourth-order valence-electron chi connectivity index (χ4n) is 2.04. The zero-order chi connectivity index (χ0) is 17.4. The van der Waals surface area contributed by atoms with Gasteiger partial charge in [0.25, 0.3) is 0 Å². The highest BCUT2D eigenvalue weighted by Crippen LogP contribution is 2.07. The van der Waals surface area contributed by atoms with E-state index in [9.17, 15) is 18.8 Å². The van der Waals surface area contributed by atoms with E-state index in [-0.39, 0.29) is 12.8 Å². The van der Waals surface area contributed by atoms with Gasteiger partial charge < -0.3 is 16.4 Å². The molecule has 0 bridgehead atoms. The summed E-state index contributed by atoms with van der Waals surface area (Å²) in [6.45, 7) is 4.76. The van der Waals surface area contributed by atoms with Gasteiger partial charge in [-0.25, -0.2) is 4.39 Å². The molecule has 0 aromatic heterocycles. The predicted molar refractivity (Wildman–Crippen MR) is 83.6 cm³/mol. The highest BCUT2D eigenvalue weighted by Gasteiger charge is 2.24. The average Bonchev–Trinajstić information content (AvgIpc) is 2.45. The van der Waals surface area contributed by atoms with Gasteiger partial charge in [-0.2, -0.15) is 0 Å². The highest BCUT2D eigenvalue weighted by molar-refractivity contribution is 5.91. The number of primary amides is 1. The molecule has 0 aliphatic rings. The Bertz CT molecular complexity index is 604. The van der Waals surface area contributed by atoms with Crippen LogP contribution in [0.4, 0.5) is 4.39 Å². The molecule has 2 atom stereocenters. The fraction of sp³-hybridized carbons (Fsp3) is 0.312. The van der Waals surface area contributed by atoms with Crippen LogP contribution < -0.4 is 16.4 Å². The monoisotopic (exact) mass is 321 g/mol. The number of carbonyl (C=O) groups excluding carboxylic acids is 3. The molecular weight excluding hydrogens is 301 g/mol. The molecule has 0 fully saturated rings. The summed E-state index contributed by atoms with van der Waals surface area (Å²) in [6.07, 6.45) is 1.71. The van der Waals surface area contributed by atoms with Crippen molar-refractivity contribution in [3.63, 3.8) is 0 Å². The van der Waals surface area contributed by atoms with Crippen molar-refractivity contribution < 1.29 is 18.8 Å². The average molecular weight is 321 g/mol. The number of rotatable bonds is 8. The standard InChI is InChI=1S/C16H20FN3O3/c1-3-5-13(15(18)22)20-16(23)14(19-10(2)21)9-11-6-4-7-12(17)8-11/h3-4,6-8,13-14H,1,5,9H2,2H3,(H2,18,22)(H,19,21)(H,20,23)/t13-,14-/m1/s1. The topological polar surface area (TPSA) is 101 Å². The lowest BCUT2D eigenvalue weighted by Crippen LogP contribution is -2.53. The highest BCUT2D eigenvalue weighted by atomic mass is 19.1. The van der Waals surface area contributed by atoms with Crippen molar-refractivity contribution in [2.75, 3.05) is 0 Å². The molecule has 1 aromatic rings. The summed E-state index contributed by atoms with van der Waals surface area (Å²) < 4.78 is 13.2. The number of benzene rings is 1. The van der Waals surface area contributed by atoms with Crippen LogP contribution in [-0.2, 0) is 20.8 Å². The lowest BCUT2D eigenvalue weighted by Gasteiger charge is -2.21. The van der Waals surface area contributed by atoms with Gasteiger partial charge in [-0.15, -0.1) is 6.58 Å². The first-order chi connectivity index (χ1) is 10.8. The van der Waals surface area contributed by atoms with E-state index in [1.54, 1.807) is 6.07 Å². The first-order valence-electron chi connectivity index (χ1n) is 7.05. The molecule has 7 heteroatoms. The minimum atomic E-state index is -0.944. The molecule has 1 rings (SSSR count). The van der Waals surface area contributed by atoms with Crippen molar-refractivity contribution in [3.05, 3.63) is 48.3 Å². The Labute approximate surface area is 133 Å². The maximum atomic E-state index is 13.2. The van der Waals surface area contributed by atoms with E-state index in [2.05, 4.69) is 17.2 Å². The zero-order valence-electron chi connectivity index (χ0n) is 12.8. The Kier molecular flexibility index (Phi) is 6.92. The van der Waals surface area contributed by atoms with Crippen LogP contribution in [0.3, 0.4) is 0 Å². The maximum Gasteiger partial charge on any atom is 0.243 e. The molecule has 0 radical (unpaired) electrons. The zero-order valence-corrected chi connectivity index (χ0v) is 12.8. The van der Waals surface area contributed by atoms with Crippen molar-refractivity contribution in [3.8, 4) is 0 Å². The van der Waals surface area contributed by atoms with E-state index in [4.69, 9.17) is 5.73 Å². The molecule has 0 saturated heterocycles. The second kappa shape index (κ2) is 8.67. The molecule has 1 aromatic carbocycles. The summed E-state index contributed by atoms with van der Waals surface area (Å²) in [5, 5.41) is 4.95. The maximum absolute atomic E-state index is 13.2. The third-order valence-electron chi connectivity index (χ3n) is 3.09. The third kappa shape index (κ3) is 6.29.